The molecule has 0 radical (unpaired) electrons. The zero-order valence-corrected chi connectivity index (χ0v) is 11.5. The molecule has 0 aliphatic carbocycles. The molecule has 2 aromatic heterocycles. The van der Waals surface area contributed by atoms with Crippen molar-refractivity contribution in [1.29, 1.82) is 0 Å². The Bertz CT molecular complexity index is 794. The molecule has 0 amide bonds. The molecule has 5 nitrogen and oxygen atoms in total. The lowest BCUT2D eigenvalue weighted by Crippen LogP contribution is -2.05. The zero-order chi connectivity index (χ0) is 14.8. The summed E-state index contributed by atoms with van der Waals surface area (Å²) < 4.78 is 10.4. The molecule has 1 aromatic carbocycles. The van der Waals surface area contributed by atoms with Crippen molar-refractivity contribution in [2.75, 3.05) is 12.3 Å². The molecule has 2 heterocycles. The van der Waals surface area contributed by atoms with E-state index in [2.05, 4.69) is 4.98 Å². The van der Waals surface area contributed by atoms with Crippen LogP contribution in [0.1, 0.15) is 17.5 Å². The first-order valence-electron chi connectivity index (χ1n) is 6.62. The smallest absolute Gasteiger partial charge is 0.376 e. The van der Waals surface area contributed by atoms with Crippen LogP contribution in [0.25, 0.3) is 22.4 Å². The quantitative estimate of drug-likeness (QED) is 0.746. The fourth-order valence-electron chi connectivity index (χ4n) is 2.12. The van der Waals surface area contributed by atoms with Crippen molar-refractivity contribution >= 4 is 22.8 Å². The van der Waals surface area contributed by atoms with Gasteiger partial charge >= 0.3 is 5.97 Å². The van der Waals surface area contributed by atoms with Crippen LogP contribution in [0, 0.1) is 0 Å². The number of rotatable bonds is 3. The molecule has 0 spiro atoms. The number of hydrogen-bond acceptors (Lipinski definition) is 5. The number of aromatic nitrogens is 1. The summed E-state index contributed by atoms with van der Waals surface area (Å²) in [6.45, 7) is 1.99. The molecular formula is C16H14N2O3. The molecule has 2 N–H and O–H groups in total. The van der Waals surface area contributed by atoms with Crippen LogP contribution >= 0.6 is 0 Å². The summed E-state index contributed by atoms with van der Waals surface area (Å²) in [7, 11) is 0. The second-order valence-corrected chi connectivity index (χ2v) is 4.48. The number of nitrogens with two attached hydrogens (primary N) is 1. The molecule has 21 heavy (non-hydrogen) atoms. The second kappa shape index (κ2) is 5.28. The van der Waals surface area contributed by atoms with Crippen LogP contribution in [0.2, 0.25) is 0 Å². The molecule has 106 valence electrons. The van der Waals surface area contributed by atoms with Crippen molar-refractivity contribution < 1.29 is 13.9 Å². The van der Waals surface area contributed by atoms with Crippen molar-refractivity contribution in [3.05, 3.63) is 48.2 Å². The molecule has 0 unspecified atom stereocenters. The number of carbonyl (C=O) groups is 1. The Balaban J connectivity index is 2.09. The van der Waals surface area contributed by atoms with E-state index in [1.54, 1.807) is 13.0 Å². The number of carbonyl (C=O) groups excluding carboxylic acids is 1. The number of anilines is 1. The van der Waals surface area contributed by atoms with Gasteiger partial charge in [0.1, 0.15) is 0 Å². The van der Waals surface area contributed by atoms with E-state index in [9.17, 15) is 4.79 Å². The predicted octanol–water partition coefficient (Wildman–Crippen LogP) is 3.25. The molecule has 3 rings (SSSR count). The largest absolute Gasteiger partial charge is 0.460 e. The summed E-state index contributed by atoms with van der Waals surface area (Å²) in [5, 5.41) is 0.609. The number of fused-ring (bicyclic) bond motifs is 1. The van der Waals surface area contributed by atoms with Gasteiger partial charge in [-0.25, -0.2) is 9.78 Å². The number of furan rings is 1. The molecule has 0 fully saturated rings. The molecule has 5 heteroatoms. The Morgan fingerprint density at radius 2 is 2.00 bits per heavy atom. The lowest BCUT2D eigenvalue weighted by molar-refractivity contribution is 0.0494. The number of hydrogen-bond donors (Lipinski definition) is 1. The van der Waals surface area contributed by atoms with Crippen LogP contribution in [0.15, 0.2) is 46.9 Å². The first-order chi connectivity index (χ1) is 10.2. The van der Waals surface area contributed by atoms with Gasteiger partial charge in [-0.3, -0.25) is 0 Å². The van der Waals surface area contributed by atoms with Gasteiger partial charge in [0, 0.05) is 5.56 Å². The van der Waals surface area contributed by atoms with Gasteiger partial charge in [-0.2, -0.15) is 0 Å². The maximum absolute atomic E-state index is 11.8. The van der Waals surface area contributed by atoms with Gasteiger partial charge in [-0.05, 0) is 19.1 Å². The monoisotopic (exact) mass is 282 g/mol. The van der Waals surface area contributed by atoms with Crippen LogP contribution in [-0.2, 0) is 4.74 Å². The topological polar surface area (TPSA) is 78.3 Å². The highest BCUT2D eigenvalue weighted by Gasteiger charge is 2.20. The summed E-state index contributed by atoms with van der Waals surface area (Å²) in [5.41, 5.74) is 8.24. The normalized spacial score (nSPS) is 10.7. The third kappa shape index (κ3) is 2.33. The fraction of sp³-hybridized carbons (Fsp3) is 0.125. The number of nitrogens with zero attached hydrogens (tertiary/aromatic N) is 1. The number of nitrogen functional groups attached to an aromatic ring is 1. The lowest BCUT2D eigenvalue weighted by atomic mass is 10.1. The number of benzene rings is 1. The van der Waals surface area contributed by atoms with Gasteiger partial charge in [-0.1, -0.05) is 30.3 Å². The molecule has 0 atom stereocenters. The standard InChI is InChI=1S/C16H14N2O3/c1-2-20-16(19)14-13(17)11-8-9-12(18-15(11)21-14)10-6-4-3-5-7-10/h3-9H,2,17H2,1H3. The van der Waals surface area contributed by atoms with E-state index < -0.39 is 5.97 Å². The van der Waals surface area contributed by atoms with Crippen molar-refractivity contribution in [3.8, 4) is 11.3 Å². The maximum Gasteiger partial charge on any atom is 0.376 e. The Morgan fingerprint density at radius 1 is 1.24 bits per heavy atom. The average molecular weight is 282 g/mol. The van der Waals surface area contributed by atoms with E-state index in [1.807, 2.05) is 36.4 Å². The fourth-order valence-corrected chi connectivity index (χ4v) is 2.12. The molecule has 0 saturated heterocycles. The van der Waals surface area contributed by atoms with Gasteiger partial charge in [0.2, 0.25) is 11.5 Å². The molecular weight excluding hydrogens is 268 g/mol. The zero-order valence-electron chi connectivity index (χ0n) is 11.5. The summed E-state index contributed by atoms with van der Waals surface area (Å²) in [4.78, 5) is 16.2. The SMILES string of the molecule is CCOC(=O)c1oc2nc(-c3ccccc3)ccc2c1N. The second-order valence-electron chi connectivity index (χ2n) is 4.48. The van der Waals surface area contributed by atoms with Gasteiger partial charge in [-0.15, -0.1) is 0 Å². The number of pyridine rings is 1. The molecule has 0 aliphatic heterocycles. The van der Waals surface area contributed by atoms with E-state index in [4.69, 9.17) is 14.9 Å². The number of esters is 1. The van der Waals surface area contributed by atoms with Crippen molar-refractivity contribution in [1.82, 2.24) is 4.98 Å². The minimum absolute atomic E-state index is 0.00422. The predicted molar refractivity (Wildman–Crippen MR) is 79.8 cm³/mol. The summed E-state index contributed by atoms with van der Waals surface area (Å²) >= 11 is 0. The van der Waals surface area contributed by atoms with Crippen molar-refractivity contribution in [2.45, 2.75) is 6.92 Å². The van der Waals surface area contributed by atoms with Crippen LogP contribution in [-0.4, -0.2) is 17.6 Å². The van der Waals surface area contributed by atoms with E-state index in [0.717, 1.165) is 11.3 Å². The third-order valence-corrected chi connectivity index (χ3v) is 3.12. The summed E-state index contributed by atoms with van der Waals surface area (Å²) in [6, 6.07) is 13.3. The highest BCUT2D eigenvalue weighted by Crippen LogP contribution is 2.30. The minimum Gasteiger partial charge on any atom is -0.460 e. The average Bonchev–Trinajstić information content (AvgIpc) is 2.85. The molecule has 3 aromatic rings. The third-order valence-electron chi connectivity index (χ3n) is 3.12. The van der Waals surface area contributed by atoms with Crippen LogP contribution < -0.4 is 5.73 Å². The lowest BCUT2D eigenvalue weighted by Gasteiger charge is -1.99. The Kier molecular flexibility index (Phi) is 3.31. The first-order valence-corrected chi connectivity index (χ1v) is 6.62. The number of ether oxygens (including phenoxy) is 1. The summed E-state index contributed by atoms with van der Waals surface area (Å²) in [6.07, 6.45) is 0. The van der Waals surface area contributed by atoms with Gasteiger partial charge < -0.3 is 14.9 Å². The van der Waals surface area contributed by atoms with Crippen molar-refractivity contribution in [2.24, 2.45) is 0 Å². The van der Waals surface area contributed by atoms with Gasteiger partial charge in [0.25, 0.3) is 0 Å². The van der Waals surface area contributed by atoms with Crippen molar-refractivity contribution in [3.63, 3.8) is 0 Å². The molecule has 0 aliphatic rings. The van der Waals surface area contributed by atoms with Crippen LogP contribution in [0.5, 0.6) is 0 Å². The van der Waals surface area contributed by atoms with E-state index in [1.165, 1.54) is 0 Å². The van der Waals surface area contributed by atoms with E-state index >= 15 is 0 Å². The molecule has 0 saturated carbocycles. The maximum atomic E-state index is 11.8. The van der Waals surface area contributed by atoms with Crippen LogP contribution in [0.4, 0.5) is 5.69 Å². The summed E-state index contributed by atoms with van der Waals surface area (Å²) in [5.74, 6) is -0.571. The Morgan fingerprint density at radius 3 is 2.71 bits per heavy atom. The highest BCUT2D eigenvalue weighted by atomic mass is 16.5. The van der Waals surface area contributed by atoms with E-state index in [0.29, 0.717) is 11.1 Å². The minimum atomic E-state index is -0.575. The Hall–Kier alpha value is -2.82. The highest BCUT2D eigenvalue weighted by molar-refractivity contribution is 6.02. The van der Waals surface area contributed by atoms with E-state index in [-0.39, 0.29) is 18.1 Å². The van der Waals surface area contributed by atoms with Gasteiger partial charge in [0.05, 0.1) is 23.4 Å². The van der Waals surface area contributed by atoms with Crippen LogP contribution in [0.3, 0.4) is 0 Å². The van der Waals surface area contributed by atoms with Gasteiger partial charge in [0.15, 0.2) is 0 Å². The first kappa shape index (κ1) is 13.2. The Labute approximate surface area is 121 Å². The molecule has 0 bridgehead atoms.